The molecule has 0 saturated carbocycles. The number of nitrogens with zero attached hydrogens (tertiary/aromatic N) is 3. The molecule has 0 radical (unpaired) electrons. The van der Waals surface area contributed by atoms with Crippen LogP contribution in [0, 0.1) is 6.92 Å². The molecule has 4 nitrogen and oxygen atoms in total. The molecular formula is C6H9N3O. The molecule has 54 valence electrons. The molecule has 1 N–H and O–H groups in total. The molecule has 10 heavy (non-hydrogen) atoms. The lowest BCUT2D eigenvalue weighted by molar-refractivity contribution is 0.269. The fourth-order valence-electron chi connectivity index (χ4n) is 0.753. The molecule has 0 unspecified atom stereocenters. The average Bonchev–Trinajstić information content (AvgIpc) is 2.30. The standard InChI is InChI=1S/C6H9N3O/c1-5-3-8-9(7-2)6(5)4-10/h3,10H,2,4H2,1H3. The fraction of sp³-hybridized carbons (Fsp3) is 0.333. The zero-order valence-electron chi connectivity index (χ0n) is 5.78. The van der Waals surface area contributed by atoms with Crippen molar-refractivity contribution >= 4 is 6.72 Å². The SMILES string of the molecule is C=Nn1ncc(C)c1CO. The van der Waals surface area contributed by atoms with Gasteiger partial charge in [0.2, 0.25) is 0 Å². The number of hydrogen-bond acceptors (Lipinski definition) is 3. The zero-order valence-corrected chi connectivity index (χ0v) is 5.78. The van der Waals surface area contributed by atoms with E-state index in [1.54, 1.807) is 6.20 Å². The highest BCUT2D eigenvalue weighted by molar-refractivity contribution is 5.24. The Morgan fingerprint density at radius 1 is 1.90 bits per heavy atom. The summed E-state index contributed by atoms with van der Waals surface area (Å²) in [5.74, 6) is 0. The first-order valence-corrected chi connectivity index (χ1v) is 2.91. The van der Waals surface area contributed by atoms with Crippen LogP contribution in [0.4, 0.5) is 0 Å². The summed E-state index contributed by atoms with van der Waals surface area (Å²) in [4.78, 5) is 1.31. The highest BCUT2D eigenvalue weighted by Gasteiger charge is 2.02. The molecule has 0 fully saturated rings. The normalized spacial score (nSPS) is 9.80. The van der Waals surface area contributed by atoms with Crippen LogP contribution >= 0.6 is 0 Å². The Morgan fingerprint density at radius 2 is 2.60 bits per heavy atom. The summed E-state index contributed by atoms with van der Waals surface area (Å²) in [6.45, 7) is 5.10. The van der Waals surface area contributed by atoms with Gasteiger partial charge < -0.3 is 5.11 Å². The summed E-state index contributed by atoms with van der Waals surface area (Å²) in [5, 5.41) is 16.2. The van der Waals surface area contributed by atoms with Gasteiger partial charge in [-0.1, -0.05) is 0 Å². The second-order valence-electron chi connectivity index (χ2n) is 1.96. The van der Waals surface area contributed by atoms with Gasteiger partial charge in [-0.25, -0.2) is 0 Å². The Labute approximate surface area is 58.8 Å². The lowest BCUT2D eigenvalue weighted by atomic mass is 10.3. The highest BCUT2D eigenvalue weighted by Crippen LogP contribution is 2.05. The summed E-state index contributed by atoms with van der Waals surface area (Å²) in [5.41, 5.74) is 1.62. The van der Waals surface area contributed by atoms with Crippen molar-refractivity contribution in [3.8, 4) is 0 Å². The third kappa shape index (κ3) is 0.930. The van der Waals surface area contributed by atoms with Crippen molar-refractivity contribution in [1.82, 2.24) is 9.89 Å². The molecule has 0 saturated heterocycles. The minimum absolute atomic E-state index is 0.0507. The van der Waals surface area contributed by atoms with Crippen molar-refractivity contribution in [3.05, 3.63) is 17.5 Å². The lowest BCUT2D eigenvalue weighted by Gasteiger charge is -1.95. The molecule has 0 atom stereocenters. The average molecular weight is 139 g/mol. The summed E-state index contributed by atoms with van der Waals surface area (Å²) in [6, 6.07) is 0. The van der Waals surface area contributed by atoms with E-state index in [9.17, 15) is 0 Å². The van der Waals surface area contributed by atoms with Crippen LogP contribution in [-0.2, 0) is 6.61 Å². The second kappa shape index (κ2) is 2.62. The topological polar surface area (TPSA) is 50.4 Å². The maximum Gasteiger partial charge on any atom is 0.0929 e. The lowest BCUT2D eigenvalue weighted by Crippen LogP contribution is -1.97. The number of rotatable bonds is 2. The highest BCUT2D eigenvalue weighted by atomic mass is 16.3. The zero-order chi connectivity index (χ0) is 7.56. The Hall–Kier alpha value is -1.16. The van der Waals surface area contributed by atoms with Crippen molar-refractivity contribution < 1.29 is 5.11 Å². The quantitative estimate of drug-likeness (QED) is 0.593. The van der Waals surface area contributed by atoms with Crippen LogP contribution in [0.25, 0.3) is 0 Å². The van der Waals surface area contributed by atoms with E-state index in [2.05, 4.69) is 16.9 Å². The molecule has 0 spiro atoms. The van der Waals surface area contributed by atoms with E-state index >= 15 is 0 Å². The molecule has 0 aliphatic carbocycles. The summed E-state index contributed by atoms with van der Waals surface area (Å²) >= 11 is 0. The predicted octanol–water partition coefficient (Wildman–Crippen LogP) is 0.148. The van der Waals surface area contributed by atoms with E-state index in [0.717, 1.165) is 5.56 Å². The molecular weight excluding hydrogens is 130 g/mol. The van der Waals surface area contributed by atoms with E-state index in [0.29, 0.717) is 5.69 Å². The predicted molar refractivity (Wildman–Crippen MR) is 37.8 cm³/mol. The Bertz CT molecular complexity index is 241. The molecule has 1 aromatic heterocycles. The van der Waals surface area contributed by atoms with E-state index in [1.165, 1.54) is 4.79 Å². The van der Waals surface area contributed by atoms with Gasteiger partial charge in [0.1, 0.15) is 0 Å². The van der Waals surface area contributed by atoms with Crippen molar-refractivity contribution in [2.24, 2.45) is 5.10 Å². The first kappa shape index (κ1) is 6.95. The van der Waals surface area contributed by atoms with Gasteiger partial charge in [-0.15, -0.1) is 0 Å². The maximum atomic E-state index is 8.77. The van der Waals surface area contributed by atoms with Crippen molar-refractivity contribution in [3.63, 3.8) is 0 Å². The van der Waals surface area contributed by atoms with Gasteiger partial charge in [0, 0.05) is 6.72 Å². The summed E-state index contributed by atoms with van der Waals surface area (Å²) < 4.78 is 0. The molecule has 0 aliphatic rings. The molecule has 1 heterocycles. The van der Waals surface area contributed by atoms with Crippen molar-refractivity contribution in [1.29, 1.82) is 0 Å². The third-order valence-corrected chi connectivity index (χ3v) is 1.34. The van der Waals surface area contributed by atoms with Gasteiger partial charge in [0.25, 0.3) is 0 Å². The number of aliphatic hydroxyl groups excluding tert-OH is 1. The Balaban J connectivity index is 3.12. The van der Waals surface area contributed by atoms with Gasteiger partial charge in [-0.2, -0.15) is 15.0 Å². The monoisotopic (exact) mass is 139 g/mol. The fourth-order valence-corrected chi connectivity index (χ4v) is 0.753. The number of aryl methyl sites for hydroxylation is 1. The Kier molecular flexibility index (Phi) is 1.82. The first-order chi connectivity index (χ1) is 4.79. The smallest absolute Gasteiger partial charge is 0.0929 e. The van der Waals surface area contributed by atoms with E-state index in [1.807, 2.05) is 6.92 Å². The van der Waals surface area contributed by atoms with E-state index in [4.69, 9.17) is 5.11 Å². The molecule has 0 aromatic carbocycles. The second-order valence-corrected chi connectivity index (χ2v) is 1.96. The number of aliphatic hydroxyl groups is 1. The summed E-state index contributed by atoms with van der Waals surface area (Å²) in [7, 11) is 0. The Morgan fingerprint density at radius 3 is 3.00 bits per heavy atom. The third-order valence-electron chi connectivity index (χ3n) is 1.34. The minimum atomic E-state index is -0.0507. The van der Waals surface area contributed by atoms with Gasteiger partial charge in [-0.3, -0.25) is 0 Å². The van der Waals surface area contributed by atoms with Crippen LogP contribution in [0.3, 0.4) is 0 Å². The van der Waals surface area contributed by atoms with Gasteiger partial charge >= 0.3 is 0 Å². The molecule has 1 rings (SSSR count). The molecule has 1 aromatic rings. The summed E-state index contributed by atoms with van der Waals surface area (Å²) in [6.07, 6.45) is 1.64. The van der Waals surface area contributed by atoms with Crippen LogP contribution in [0.1, 0.15) is 11.3 Å². The van der Waals surface area contributed by atoms with E-state index in [-0.39, 0.29) is 6.61 Å². The van der Waals surface area contributed by atoms with Crippen molar-refractivity contribution in [2.75, 3.05) is 0 Å². The number of aromatic nitrogens is 2. The molecule has 0 bridgehead atoms. The van der Waals surface area contributed by atoms with Crippen LogP contribution in [-0.4, -0.2) is 21.7 Å². The van der Waals surface area contributed by atoms with E-state index < -0.39 is 0 Å². The molecule has 0 amide bonds. The van der Waals surface area contributed by atoms with Gasteiger partial charge in [0.05, 0.1) is 18.5 Å². The van der Waals surface area contributed by atoms with Crippen LogP contribution in [0.2, 0.25) is 0 Å². The van der Waals surface area contributed by atoms with Crippen molar-refractivity contribution in [2.45, 2.75) is 13.5 Å². The van der Waals surface area contributed by atoms with Gasteiger partial charge in [0.15, 0.2) is 0 Å². The number of hydrogen-bond donors (Lipinski definition) is 1. The van der Waals surface area contributed by atoms with Crippen LogP contribution < -0.4 is 0 Å². The van der Waals surface area contributed by atoms with Crippen LogP contribution in [0.15, 0.2) is 11.3 Å². The largest absolute Gasteiger partial charge is 0.390 e. The first-order valence-electron chi connectivity index (χ1n) is 2.91. The van der Waals surface area contributed by atoms with Crippen LogP contribution in [0.5, 0.6) is 0 Å². The van der Waals surface area contributed by atoms with Gasteiger partial charge in [-0.05, 0) is 12.5 Å². The maximum absolute atomic E-state index is 8.77. The minimum Gasteiger partial charge on any atom is -0.390 e. The molecule has 4 heteroatoms. The molecule has 0 aliphatic heterocycles.